The second-order valence-electron chi connectivity index (χ2n) is 6.02. The van der Waals surface area contributed by atoms with Crippen molar-refractivity contribution in [3.8, 4) is 0 Å². The maximum Gasteiger partial charge on any atom is 0.306 e. The molecular formula is C16H26N4O3. The normalized spacial score (nSPS) is 18.7. The molecular weight excluding hydrogens is 296 g/mol. The van der Waals surface area contributed by atoms with Gasteiger partial charge in [-0.25, -0.2) is 5.84 Å². The molecule has 2 rings (SSSR count). The minimum Gasteiger partial charge on any atom is -0.481 e. The van der Waals surface area contributed by atoms with Crippen LogP contribution in [-0.4, -0.2) is 53.0 Å². The maximum atomic E-state index is 11.1. The summed E-state index contributed by atoms with van der Waals surface area (Å²) in [5.74, 6) is 5.21. The van der Waals surface area contributed by atoms with E-state index in [0.29, 0.717) is 19.3 Å². The number of unbranched alkanes of at least 4 members (excludes halogenated alkanes) is 1. The fourth-order valence-electron chi connectivity index (χ4n) is 3.07. The van der Waals surface area contributed by atoms with Gasteiger partial charge in [-0.1, -0.05) is 12.2 Å². The summed E-state index contributed by atoms with van der Waals surface area (Å²) in [6.45, 7) is 3.30. The molecule has 4 N–H and O–H groups in total. The maximum absolute atomic E-state index is 11.1. The summed E-state index contributed by atoms with van der Waals surface area (Å²) >= 11 is 0. The van der Waals surface area contributed by atoms with Crippen molar-refractivity contribution >= 4 is 11.9 Å². The van der Waals surface area contributed by atoms with E-state index in [1.807, 2.05) is 0 Å². The number of carboxylic acids is 1. The predicted octanol–water partition coefficient (Wildman–Crippen LogP) is 0.656. The molecule has 1 amide bonds. The highest BCUT2D eigenvalue weighted by molar-refractivity contribution is 5.75. The first-order chi connectivity index (χ1) is 11.1. The Labute approximate surface area is 136 Å². The lowest BCUT2D eigenvalue weighted by Crippen LogP contribution is -2.42. The lowest BCUT2D eigenvalue weighted by atomic mass is 9.97. The van der Waals surface area contributed by atoms with Gasteiger partial charge in [0.2, 0.25) is 5.91 Å². The molecule has 0 spiro atoms. The van der Waals surface area contributed by atoms with Crippen molar-refractivity contribution < 1.29 is 14.7 Å². The van der Waals surface area contributed by atoms with E-state index in [9.17, 15) is 9.59 Å². The zero-order valence-corrected chi connectivity index (χ0v) is 13.4. The first-order valence-electron chi connectivity index (χ1n) is 8.20. The van der Waals surface area contributed by atoms with Crippen molar-refractivity contribution in [1.29, 1.82) is 0 Å². The predicted molar refractivity (Wildman–Crippen MR) is 86.9 cm³/mol. The molecule has 0 radical (unpaired) electrons. The Morgan fingerprint density at radius 1 is 1.30 bits per heavy atom. The molecule has 2 heterocycles. The number of hydrogen-bond donors (Lipinski definition) is 3. The highest BCUT2D eigenvalue weighted by Gasteiger charge is 2.27. The zero-order valence-electron chi connectivity index (χ0n) is 13.4. The summed E-state index contributed by atoms with van der Waals surface area (Å²) in [4.78, 5) is 26.8. The number of carbonyl (C=O) groups excluding carboxylic acids is 1. The molecule has 0 unspecified atom stereocenters. The molecule has 1 saturated heterocycles. The second-order valence-corrected chi connectivity index (χ2v) is 6.02. The minimum absolute atomic E-state index is 0.130. The van der Waals surface area contributed by atoms with Crippen LogP contribution in [0.25, 0.3) is 0 Å². The van der Waals surface area contributed by atoms with E-state index in [1.54, 1.807) is 0 Å². The number of nitrogens with zero attached hydrogens (tertiary/aromatic N) is 2. The zero-order chi connectivity index (χ0) is 16.7. The lowest BCUT2D eigenvalue weighted by molar-refractivity contribution is -0.143. The molecule has 2 aliphatic heterocycles. The van der Waals surface area contributed by atoms with E-state index >= 15 is 0 Å². The van der Waals surface area contributed by atoms with Crippen molar-refractivity contribution in [2.75, 3.05) is 26.2 Å². The van der Waals surface area contributed by atoms with E-state index in [2.05, 4.69) is 33.5 Å². The average molecular weight is 322 g/mol. The van der Waals surface area contributed by atoms with Crippen molar-refractivity contribution in [3.63, 3.8) is 0 Å². The first kappa shape index (κ1) is 17.3. The molecule has 0 aromatic heterocycles. The number of likely N-dealkylation sites (tertiary alicyclic amines) is 1. The van der Waals surface area contributed by atoms with Crippen LogP contribution in [0.3, 0.4) is 0 Å². The van der Waals surface area contributed by atoms with Crippen LogP contribution in [0, 0.1) is 5.92 Å². The van der Waals surface area contributed by atoms with Gasteiger partial charge < -0.3 is 14.9 Å². The Hall–Kier alpha value is -2.02. The summed E-state index contributed by atoms with van der Waals surface area (Å²) < 4.78 is 0. The van der Waals surface area contributed by atoms with Crippen LogP contribution in [0.4, 0.5) is 0 Å². The fourth-order valence-corrected chi connectivity index (χ4v) is 3.07. The minimum atomic E-state index is -0.683. The summed E-state index contributed by atoms with van der Waals surface area (Å²) in [6, 6.07) is 0. The third-order valence-electron chi connectivity index (χ3n) is 4.44. The van der Waals surface area contributed by atoms with Crippen LogP contribution >= 0.6 is 0 Å². The van der Waals surface area contributed by atoms with Gasteiger partial charge in [-0.15, -0.1) is 0 Å². The smallest absolute Gasteiger partial charge is 0.306 e. The Bertz CT molecular complexity index is 482. The van der Waals surface area contributed by atoms with Gasteiger partial charge in [0.25, 0.3) is 0 Å². The Balaban J connectivity index is 1.82. The molecule has 7 heteroatoms. The highest BCUT2D eigenvalue weighted by Crippen LogP contribution is 2.24. The first-order valence-corrected chi connectivity index (χ1v) is 8.20. The number of allylic oxidation sites excluding steroid dienone is 2. The van der Waals surface area contributed by atoms with Crippen LogP contribution in [-0.2, 0) is 9.59 Å². The summed E-state index contributed by atoms with van der Waals surface area (Å²) in [7, 11) is 0. The highest BCUT2D eigenvalue weighted by atomic mass is 16.4. The van der Waals surface area contributed by atoms with Crippen LogP contribution in [0.1, 0.15) is 32.1 Å². The van der Waals surface area contributed by atoms with Gasteiger partial charge >= 0.3 is 5.97 Å². The number of amides is 1. The van der Waals surface area contributed by atoms with Crippen molar-refractivity contribution in [1.82, 2.24) is 15.2 Å². The van der Waals surface area contributed by atoms with Gasteiger partial charge in [0.15, 0.2) is 0 Å². The van der Waals surface area contributed by atoms with Crippen molar-refractivity contribution in [3.05, 3.63) is 24.0 Å². The quantitative estimate of drug-likeness (QED) is 0.276. The number of hydrogen-bond acceptors (Lipinski definition) is 5. The average Bonchev–Trinajstić information content (AvgIpc) is 2.59. The number of piperidine rings is 1. The number of carboxylic acid groups (broad SMARTS) is 1. The van der Waals surface area contributed by atoms with Crippen molar-refractivity contribution in [2.45, 2.75) is 32.1 Å². The largest absolute Gasteiger partial charge is 0.481 e. The van der Waals surface area contributed by atoms with E-state index < -0.39 is 5.97 Å². The Morgan fingerprint density at radius 2 is 2.04 bits per heavy atom. The number of hydrazine groups is 1. The second kappa shape index (κ2) is 8.57. The summed E-state index contributed by atoms with van der Waals surface area (Å²) in [6.07, 6.45) is 9.82. The van der Waals surface area contributed by atoms with E-state index in [-0.39, 0.29) is 11.8 Å². The van der Waals surface area contributed by atoms with Gasteiger partial charge in [0, 0.05) is 32.6 Å². The number of nitrogens with one attached hydrogen (secondary N) is 1. The molecule has 0 atom stereocenters. The number of nitrogens with two attached hydrogens (primary N) is 1. The molecule has 2 aliphatic rings. The molecule has 0 saturated carbocycles. The Kier molecular flexibility index (Phi) is 6.46. The van der Waals surface area contributed by atoms with Crippen molar-refractivity contribution in [2.24, 2.45) is 11.8 Å². The molecule has 128 valence electrons. The fraction of sp³-hybridized carbons (Fsp3) is 0.625. The van der Waals surface area contributed by atoms with E-state index in [4.69, 9.17) is 10.9 Å². The van der Waals surface area contributed by atoms with Crippen LogP contribution in [0.2, 0.25) is 0 Å². The number of rotatable bonds is 7. The summed E-state index contributed by atoms with van der Waals surface area (Å²) in [5, 5.41) is 9.10. The van der Waals surface area contributed by atoms with E-state index in [0.717, 1.165) is 39.0 Å². The monoisotopic (exact) mass is 322 g/mol. The molecule has 7 nitrogen and oxygen atoms in total. The Morgan fingerprint density at radius 3 is 2.70 bits per heavy atom. The van der Waals surface area contributed by atoms with Gasteiger partial charge in [-0.05, 0) is 31.8 Å². The van der Waals surface area contributed by atoms with Gasteiger partial charge in [0.05, 0.1) is 5.92 Å². The summed E-state index contributed by atoms with van der Waals surface area (Å²) in [5.41, 5.74) is 2.15. The SMILES string of the molecule is NNC(=O)CCCCN1CC=CC=C1N1CCC(C(=O)O)CC1. The van der Waals surface area contributed by atoms with Crippen LogP contribution in [0.5, 0.6) is 0 Å². The third-order valence-corrected chi connectivity index (χ3v) is 4.44. The molecule has 1 fully saturated rings. The van der Waals surface area contributed by atoms with Crippen LogP contribution < -0.4 is 11.3 Å². The standard InChI is InChI=1S/C16H26N4O3/c17-18-14(21)5-1-3-9-19-10-4-2-6-15(19)20-11-7-13(8-12-20)16(22)23/h2,4,6,13H,1,3,5,7-12,17H2,(H,18,21)(H,22,23). The van der Waals surface area contributed by atoms with Gasteiger partial charge in [0.1, 0.15) is 5.82 Å². The number of aliphatic carboxylic acids is 1. The molecule has 0 aromatic rings. The van der Waals surface area contributed by atoms with Gasteiger partial charge in [-0.3, -0.25) is 15.0 Å². The molecule has 23 heavy (non-hydrogen) atoms. The van der Waals surface area contributed by atoms with Crippen LogP contribution in [0.15, 0.2) is 24.0 Å². The topological polar surface area (TPSA) is 98.9 Å². The van der Waals surface area contributed by atoms with E-state index in [1.165, 1.54) is 5.82 Å². The third kappa shape index (κ3) is 4.99. The number of carbonyl (C=O) groups is 2. The van der Waals surface area contributed by atoms with Gasteiger partial charge in [-0.2, -0.15) is 0 Å². The lowest BCUT2D eigenvalue weighted by Gasteiger charge is -2.40. The molecule has 0 bridgehead atoms. The molecule has 0 aromatic carbocycles. The molecule has 0 aliphatic carbocycles.